The molecule has 0 saturated heterocycles. The van der Waals surface area contributed by atoms with E-state index in [2.05, 4.69) is 0 Å². The molecule has 138 valence electrons. The molecule has 0 spiro atoms. The lowest BCUT2D eigenvalue weighted by Gasteiger charge is -2.36. The van der Waals surface area contributed by atoms with Crippen molar-refractivity contribution in [2.45, 2.75) is 37.6 Å². The summed E-state index contributed by atoms with van der Waals surface area (Å²) >= 11 is 0. The number of benzene rings is 2. The van der Waals surface area contributed by atoms with E-state index in [0.717, 1.165) is 34.0 Å². The van der Waals surface area contributed by atoms with Gasteiger partial charge in [0, 0.05) is 18.8 Å². The molecule has 1 unspecified atom stereocenters. The number of amides is 1. The van der Waals surface area contributed by atoms with Gasteiger partial charge in [-0.3, -0.25) is 4.79 Å². The molecule has 5 nitrogen and oxygen atoms in total. The predicted octanol–water partition coefficient (Wildman–Crippen LogP) is 2.98. The van der Waals surface area contributed by atoms with Crippen molar-refractivity contribution in [2.24, 2.45) is 0 Å². The normalized spacial score (nSPS) is 17.2. The number of para-hydroxylation sites is 1. The van der Waals surface area contributed by atoms with Gasteiger partial charge in [-0.25, -0.2) is 8.42 Å². The first-order valence-corrected chi connectivity index (χ1v) is 10.2. The van der Waals surface area contributed by atoms with Crippen LogP contribution in [0.25, 0.3) is 0 Å². The topological polar surface area (TPSA) is 57.7 Å². The highest BCUT2D eigenvalue weighted by molar-refractivity contribution is 7.89. The number of nitrogens with zero attached hydrogens (tertiary/aromatic N) is 2. The minimum atomic E-state index is -3.70. The summed E-state index contributed by atoms with van der Waals surface area (Å²) in [6.07, 6.45) is 1.80. The molecule has 1 atom stereocenters. The van der Waals surface area contributed by atoms with Crippen LogP contribution in [0.1, 0.15) is 24.5 Å². The summed E-state index contributed by atoms with van der Waals surface area (Å²) in [4.78, 5) is 14.9. The molecule has 1 amide bonds. The Morgan fingerprint density at radius 1 is 1.15 bits per heavy atom. The monoisotopic (exact) mass is 372 g/mol. The fourth-order valence-electron chi connectivity index (χ4n) is 3.31. The van der Waals surface area contributed by atoms with Crippen molar-refractivity contribution in [1.29, 1.82) is 0 Å². The number of anilines is 1. The van der Waals surface area contributed by atoms with Gasteiger partial charge in [-0.15, -0.1) is 0 Å². The maximum absolute atomic E-state index is 12.9. The van der Waals surface area contributed by atoms with Crippen LogP contribution in [0, 0.1) is 6.92 Å². The zero-order chi connectivity index (χ0) is 18.9. The van der Waals surface area contributed by atoms with Crippen molar-refractivity contribution in [2.75, 3.05) is 18.5 Å². The molecule has 0 fully saturated rings. The Kier molecular flexibility index (Phi) is 5.16. The zero-order valence-corrected chi connectivity index (χ0v) is 16.2. The molecule has 1 heterocycles. The van der Waals surface area contributed by atoms with Crippen LogP contribution in [0.3, 0.4) is 0 Å². The molecule has 1 aliphatic heterocycles. The Balaban J connectivity index is 1.82. The fourth-order valence-corrected chi connectivity index (χ4v) is 4.43. The standard InChI is InChI=1S/C20H24N2O3S/c1-15-8-12-18(13-9-15)26(24,25)21(3)14-20(23)22-16(2)10-11-17-6-4-5-7-19(17)22/h4-9,12-13,16H,10-11,14H2,1-3H3. The maximum atomic E-state index is 12.9. The lowest BCUT2D eigenvalue weighted by atomic mass is 9.96. The molecular formula is C20H24N2O3S. The molecule has 0 N–H and O–H groups in total. The number of carbonyl (C=O) groups excluding carboxylic acids is 1. The molecule has 6 heteroatoms. The lowest BCUT2D eigenvalue weighted by molar-refractivity contribution is -0.119. The third-order valence-corrected chi connectivity index (χ3v) is 6.70. The number of rotatable bonds is 4. The van der Waals surface area contributed by atoms with Gasteiger partial charge in [-0.05, 0) is 50.5 Å². The molecule has 26 heavy (non-hydrogen) atoms. The van der Waals surface area contributed by atoms with Crippen LogP contribution in [-0.2, 0) is 21.2 Å². The van der Waals surface area contributed by atoms with E-state index in [1.165, 1.54) is 7.05 Å². The van der Waals surface area contributed by atoms with Crippen molar-refractivity contribution < 1.29 is 13.2 Å². The highest BCUT2D eigenvalue weighted by atomic mass is 32.2. The van der Waals surface area contributed by atoms with Gasteiger partial charge in [-0.1, -0.05) is 35.9 Å². The van der Waals surface area contributed by atoms with Crippen LogP contribution in [0.5, 0.6) is 0 Å². The number of hydrogen-bond acceptors (Lipinski definition) is 3. The first-order chi connectivity index (χ1) is 12.3. The van der Waals surface area contributed by atoms with Gasteiger partial charge in [0.25, 0.3) is 0 Å². The SMILES string of the molecule is Cc1ccc(S(=O)(=O)N(C)CC(=O)N2c3ccccc3CCC2C)cc1. The van der Waals surface area contributed by atoms with E-state index in [0.29, 0.717) is 0 Å². The van der Waals surface area contributed by atoms with E-state index >= 15 is 0 Å². The van der Waals surface area contributed by atoms with E-state index in [1.807, 2.05) is 38.1 Å². The smallest absolute Gasteiger partial charge is 0.243 e. The Bertz CT molecular complexity index is 907. The molecule has 3 rings (SSSR count). The summed E-state index contributed by atoms with van der Waals surface area (Å²) in [6.45, 7) is 3.72. The average Bonchev–Trinajstić information content (AvgIpc) is 2.61. The number of aryl methyl sites for hydroxylation is 2. The molecule has 0 bridgehead atoms. The van der Waals surface area contributed by atoms with E-state index in [9.17, 15) is 13.2 Å². The van der Waals surface area contributed by atoms with E-state index in [4.69, 9.17) is 0 Å². The third-order valence-electron chi connectivity index (χ3n) is 4.88. The van der Waals surface area contributed by atoms with Gasteiger partial charge in [0.05, 0.1) is 11.4 Å². The van der Waals surface area contributed by atoms with Gasteiger partial charge in [0.2, 0.25) is 15.9 Å². The van der Waals surface area contributed by atoms with Crippen LogP contribution < -0.4 is 4.90 Å². The summed E-state index contributed by atoms with van der Waals surface area (Å²) < 4.78 is 26.6. The van der Waals surface area contributed by atoms with Gasteiger partial charge < -0.3 is 4.90 Å². The van der Waals surface area contributed by atoms with Crippen LogP contribution >= 0.6 is 0 Å². The Hall–Kier alpha value is -2.18. The second-order valence-corrected chi connectivity index (χ2v) is 8.90. The number of sulfonamides is 1. The first kappa shape index (κ1) is 18.6. The van der Waals surface area contributed by atoms with Crippen LogP contribution in [0.2, 0.25) is 0 Å². The second kappa shape index (κ2) is 7.21. The number of carbonyl (C=O) groups is 1. The molecular weight excluding hydrogens is 348 g/mol. The zero-order valence-electron chi connectivity index (χ0n) is 15.3. The molecule has 0 aromatic heterocycles. The number of likely N-dealkylation sites (N-methyl/N-ethyl adjacent to an activating group) is 1. The highest BCUT2D eigenvalue weighted by Crippen LogP contribution is 2.30. The van der Waals surface area contributed by atoms with Gasteiger partial charge >= 0.3 is 0 Å². The molecule has 0 radical (unpaired) electrons. The molecule has 2 aromatic carbocycles. The highest BCUT2D eigenvalue weighted by Gasteiger charge is 2.31. The second-order valence-electron chi connectivity index (χ2n) is 6.85. The molecule has 1 aliphatic rings. The number of hydrogen-bond donors (Lipinski definition) is 0. The molecule has 0 aliphatic carbocycles. The first-order valence-electron chi connectivity index (χ1n) is 8.73. The average molecular weight is 372 g/mol. The van der Waals surface area contributed by atoms with Crippen molar-refractivity contribution in [3.8, 4) is 0 Å². The summed E-state index contributed by atoms with van der Waals surface area (Å²) in [7, 11) is -2.25. The molecule has 0 saturated carbocycles. The summed E-state index contributed by atoms with van der Waals surface area (Å²) in [5.41, 5.74) is 3.00. The minimum absolute atomic E-state index is 0.0490. The van der Waals surface area contributed by atoms with Crippen molar-refractivity contribution >= 4 is 21.6 Å². The largest absolute Gasteiger partial charge is 0.308 e. The van der Waals surface area contributed by atoms with Crippen LogP contribution in [0.15, 0.2) is 53.4 Å². The van der Waals surface area contributed by atoms with Gasteiger partial charge in [-0.2, -0.15) is 4.31 Å². The summed E-state index contributed by atoms with van der Waals surface area (Å²) in [5, 5.41) is 0. The Morgan fingerprint density at radius 3 is 2.50 bits per heavy atom. The number of fused-ring (bicyclic) bond motifs is 1. The van der Waals surface area contributed by atoms with Gasteiger partial charge in [0.1, 0.15) is 0 Å². The Labute approximate surface area is 155 Å². The van der Waals surface area contributed by atoms with Crippen molar-refractivity contribution in [3.05, 3.63) is 59.7 Å². The third kappa shape index (κ3) is 3.52. The van der Waals surface area contributed by atoms with Gasteiger partial charge in [0.15, 0.2) is 0 Å². The van der Waals surface area contributed by atoms with E-state index in [1.54, 1.807) is 29.2 Å². The summed E-state index contributed by atoms with van der Waals surface area (Å²) in [5.74, 6) is -0.206. The van der Waals surface area contributed by atoms with E-state index in [-0.39, 0.29) is 23.4 Å². The molecule has 2 aromatic rings. The quantitative estimate of drug-likeness (QED) is 0.829. The lowest BCUT2D eigenvalue weighted by Crippen LogP contribution is -2.47. The van der Waals surface area contributed by atoms with Crippen LogP contribution in [-0.4, -0.2) is 38.3 Å². The predicted molar refractivity (Wildman–Crippen MR) is 103 cm³/mol. The Morgan fingerprint density at radius 2 is 1.81 bits per heavy atom. The fraction of sp³-hybridized carbons (Fsp3) is 0.350. The van der Waals surface area contributed by atoms with Crippen LogP contribution in [0.4, 0.5) is 5.69 Å². The minimum Gasteiger partial charge on any atom is -0.308 e. The summed E-state index contributed by atoms with van der Waals surface area (Å²) in [6, 6.07) is 14.5. The maximum Gasteiger partial charge on any atom is 0.243 e. The van der Waals surface area contributed by atoms with Crippen molar-refractivity contribution in [1.82, 2.24) is 4.31 Å². The van der Waals surface area contributed by atoms with E-state index < -0.39 is 10.0 Å². The van der Waals surface area contributed by atoms with Crippen molar-refractivity contribution in [3.63, 3.8) is 0 Å².